The molecule has 0 aromatic heterocycles. The summed E-state index contributed by atoms with van der Waals surface area (Å²) in [5.74, 6) is -0.934. The van der Waals surface area contributed by atoms with Gasteiger partial charge in [-0.1, -0.05) is 0 Å². The Morgan fingerprint density at radius 2 is 1.92 bits per heavy atom. The highest BCUT2D eigenvalue weighted by Gasteiger charge is 2.25. The van der Waals surface area contributed by atoms with E-state index in [4.69, 9.17) is 5.11 Å². The molecule has 1 aliphatic rings. The second-order valence-electron chi connectivity index (χ2n) is 3.02. The maximum Gasteiger partial charge on any atom is 0.306 e. The molecule has 0 bridgehead atoms. The minimum Gasteiger partial charge on any atom is -0.481 e. The van der Waals surface area contributed by atoms with E-state index in [-0.39, 0.29) is 23.4 Å². The number of carboxylic acid groups (broad SMARTS) is 1. The summed E-state index contributed by atoms with van der Waals surface area (Å²) in [4.78, 5) is 10.5. The van der Waals surface area contributed by atoms with Gasteiger partial charge >= 0.3 is 5.97 Å². The third kappa shape index (κ3) is 2.41. The molecule has 0 unspecified atom stereocenters. The molecule has 0 aromatic rings. The van der Waals surface area contributed by atoms with Crippen LogP contribution >= 0.6 is 0 Å². The van der Waals surface area contributed by atoms with Gasteiger partial charge in [0, 0.05) is 0 Å². The molecule has 1 aliphatic carbocycles. The van der Waals surface area contributed by atoms with Crippen LogP contribution in [0.2, 0.25) is 0 Å². The molecule has 0 saturated heterocycles. The van der Waals surface area contributed by atoms with E-state index in [9.17, 15) is 9.00 Å². The highest BCUT2D eigenvalue weighted by atomic mass is 32.1. The first-order chi connectivity index (χ1) is 5.74. The molecule has 4 nitrogen and oxygen atoms in total. The predicted molar refractivity (Wildman–Crippen MR) is 44.0 cm³/mol. The molecule has 1 fully saturated rings. The van der Waals surface area contributed by atoms with Crippen LogP contribution in [-0.4, -0.2) is 21.3 Å². The van der Waals surface area contributed by atoms with Gasteiger partial charge in [0.2, 0.25) is 0 Å². The number of aliphatic carboxylic acids is 1. The van der Waals surface area contributed by atoms with Gasteiger partial charge in [-0.25, -0.2) is 0 Å². The summed E-state index contributed by atoms with van der Waals surface area (Å²) in [6.07, 6.45) is 2.80. The quantitative estimate of drug-likeness (QED) is 0.705. The molecule has 0 aromatic carbocycles. The number of carboxylic acids is 1. The fourth-order valence-corrected chi connectivity index (χ4v) is 1.82. The number of nitrogens with zero attached hydrogens (tertiary/aromatic N) is 1. The van der Waals surface area contributed by atoms with Gasteiger partial charge < -0.3 is 5.11 Å². The van der Waals surface area contributed by atoms with E-state index in [0.717, 1.165) is 12.8 Å². The normalized spacial score (nSPS) is 29.3. The van der Waals surface area contributed by atoms with Crippen LogP contribution in [0.3, 0.4) is 0 Å². The van der Waals surface area contributed by atoms with Crippen LogP contribution in [0.1, 0.15) is 25.7 Å². The average molecular weight is 189 g/mol. The highest BCUT2D eigenvalue weighted by Crippen LogP contribution is 2.25. The van der Waals surface area contributed by atoms with Gasteiger partial charge in [-0.05, 0) is 25.7 Å². The van der Waals surface area contributed by atoms with Gasteiger partial charge in [0.05, 0.1) is 12.0 Å². The van der Waals surface area contributed by atoms with Crippen molar-refractivity contribution in [3.8, 4) is 0 Å². The summed E-state index contributed by atoms with van der Waals surface area (Å²) in [5.41, 5.74) is 0. The van der Waals surface area contributed by atoms with Gasteiger partial charge in [-0.3, -0.25) is 4.79 Å². The summed E-state index contributed by atoms with van der Waals surface area (Å²) < 4.78 is 13.8. The van der Waals surface area contributed by atoms with E-state index >= 15 is 0 Å². The van der Waals surface area contributed by atoms with Gasteiger partial charge in [0.15, 0.2) is 11.5 Å². The van der Waals surface area contributed by atoms with Gasteiger partial charge in [-0.15, -0.1) is 0 Å². The SMILES string of the molecule is O=S=NC1CCC(C(=O)O)CC1. The number of carbonyl (C=O) groups is 1. The van der Waals surface area contributed by atoms with E-state index < -0.39 is 5.97 Å². The van der Waals surface area contributed by atoms with E-state index in [0.29, 0.717) is 12.8 Å². The highest BCUT2D eigenvalue weighted by molar-refractivity contribution is 7.54. The Kier molecular flexibility index (Phi) is 3.40. The van der Waals surface area contributed by atoms with Crippen LogP contribution in [0.15, 0.2) is 4.36 Å². The smallest absolute Gasteiger partial charge is 0.306 e. The lowest BCUT2D eigenvalue weighted by Crippen LogP contribution is -2.22. The molecule has 1 rings (SSSR count). The zero-order chi connectivity index (χ0) is 8.97. The summed E-state index contributed by atoms with van der Waals surface area (Å²) in [7, 11) is 0. The Labute approximate surface area is 74.2 Å². The van der Waals surface area contributed by atoms with Gasteiger partial charge in [0.1, 0.15) is 0 Å². The number of hydrogen-bond donors (Lipinski definition) is 1. The van der Waals surface area contributed by atoms with Crippen LogP contribution < -0.4 is 0 Å². The molecule has 0 aliphatic heterocycles. The first-order valence-electron chi connectivity index (χ1n) is 3.96. The van der Waals surface area contributed by atoms with Crippen LogP contribution in [0.25, 0.3) is 0 Å². The molecule has 0 atom stereocenters. The maximum atomic E-state index is 10.5. The molecular formula is C7H11NO3S. The predicted octanol–water partition coefficient (Wildman–Crippen LogP) is 1.03. The third-order valence-corrected chi connectivity index (χ3v) is 2.62. The van der Waals surface area contributed by atoms with Crippen molar-refractivity contribution >= 4 is 17.4 Å². The third-order valence-electron chi connectivity index (χ3n) is 2.24. The molecule has 68 valence electrons. The van der Waals surface area contributed by atoms with Crippen LogP contribution in [0.4, 0.5) is 0 Å². The molecule has 1 saturated carbocycles. The second-order valence-corrected chi connectivity index (χ2v) is 3.38. The summed E-state index contributed by atoms with van der Waals surface area (Å²) in [6, 6.07) is 0.0862. The van der Waals surface area contributed by atoms with Crippen molar-refractivity contribution in [3.05, 3.63) is 0 Å². The summed E-state index contributed by atoms with van der Waals surface area (Å²) >= 11 is 0.245. The Morgan fingerprint density at radius 1 is 1.33 bits per heavy atom. The van der Waals surface area contributed by atoms with Crippen molar-refractivity contribution in [3.63, 3.8) is 0 Å². The van der Waals surface area contributed by atoms with Gasteiger partial charge in [0.25, 0.3) is 0 Å². The standard InChI is InChI=1S/C7H11NO3S/c9-7(10)5-1-3-6(4-2-5)8-12-11/h5-6H,1-4H2,(H,9,10). The lowest BCUT2D eigenvalue weighted by molar-refractivity contribution is -0.142. The first kappa shape index (κ1) is 9.38. The second kappa shape index (κ2) is 4.35. The van der Waals surface area contributed by atoms with E-state index in [2.05, 4.69) is 4.36 Å². The molecule has 1 N–H and O–H groups in total. The van der Waals surface area contributed by atoms with E-state index in [1.165, 1.54) is 0 Å². The van der Waals surface area contributed by atoms with Crippen molar-refractivity contribution in [2.75, 3.05) is 0 Å². The molecular weight excluding hydrogens is 178 g/mol. The topological polar surface area (TPSA) is 66.7 Å². The van der Waals surface area contributed by atoms with E-state index in [1.807, 2.05) is 0 Å². The van der Waals surface area contributed by atoms with Gasteiger partial charge in [-0.2, -0.15) is 8.57 Å². The molecule has 0 spiro atoms. The zero-order valence-electron chi connectivity index (χ0n) is 6.60. The molecule has 0 heterocycles. The maximum absolute atomic E-state index is 10.5. The van der Waals surface area contributed by atoms with Crippen molar-refractivity contribution in [2.45, 2.75) is 31.7 Å². The van der Waals surface area contributed by atoms with Crippen LogP contribution in [0, 0.1) is 5.92 Å². The Morgan fingerprint density at radius 3 is 2.33 bits per heavy atom. The Bertz CT molecular complexity index is 207. The lowest BCUT2D eigenvalue weighted by atomic mass is 9.87. The minimum atomic E-state index is -0.719. The lowest BCUT2D eigenvalue weighted by Gasteiger charge is -2.21. The Balaban J connectivity index is 2.39. The van der Waals surface area contributed by atoms with Crippen LogP contribution in [-0.2, 0) is 16.3 Å². The number of rotatable bonds is 2. The van der Waals surface area contributed by atoms with Crippen LogP contribution in [0.5, 0.6) is 0 Å². The number of hydrogen-bond acceptors (Lipinski definition) is 3. The van der Waals surface area contributed by atoms with Crippen molar-refractivity contribution in [1.29, 1.82) is 0 Å². The molecule has 12 heavy (non-hydrogen) atoms. The largest absolute Gasteiger partial charge is 0.481 e. The van der Waals surface area contributed by atoms with Crippen molar-refractivity contribution < 1.29 is 14.1 Å². The summed E-state index contributed by atoms with van der Waals surface area (Å²) in [6.45, 7) is 0. The fraction of sp³-hybridized carbons (Fsp3) is 0.857. The monoisotopic (exact) mass is 189 g/mol. The van der Waals surface area contributed by atoms with Crippen molar-refractivity contribution in [2.24, 2.45) is 10.3 Å². The Hall–Kier alpha value is -0.710. The average Bonchev–Trinajstić information content (AvgIpc) is 2.06. The molecule has 0 radical (unpaired) electrons. The van der Waals surface area contributed by atoms with E-state index in [1.54, 1.807) is 0 Å². The molecule has 5 heteroatoms. The minimum absolute atomic E-state index is 0.0862. The fourth-order valence-electron chi connectivity index (χ4n) is 1.49. The summed E-state index contributed by atoms with van der Waals surface area (Å²) in [5, 5.41) is 8.66. The zero-order valence-corrected chi connectivity index (χ0v) is 7.42. The first-order valence-corrected chi connectivity index (χ1v) is 4.66. The van der Waals surface area contributed by atoms with Crippen molar-refractivity contribution in [1.82, 2.24) is 0 Å². The molecule has 0 amide bonds.